The Kier molecular flexibility index (Phi) is 4.24. The van der Waals surface area contributed by atoms with Gasteiger partial charge in [-0.15, -0.1) is 0 Å². The van der Waals surface area contributed by atoms with Crippen LogP contribution in [0.15, 0.2) is 24.3 Å². The molecule has 3 nitrogen and oxygen atoms in total. The van der Waals surface area contributed by atoms with Crippen molar-refractivity contribution in [1.29, 1.82) is 0 Å². The summed E-state index contributed by atoms with van der Waals surface area (Å²) in [5.74, 6) is 2.20. The van der Waals surface area contributed by atoms with E-state index in [9.17, 15) is 4.79 Å². The Morgan fingerprint density at radius 2 is 2.22 bits per heavy atom. The molecule has 0 bridgehead atoms. The van der Waals surface area contributed by atoms with E-state index >= 15 is 0 Å². The van der Waals surface area contributed by atoms with Crippen LogP contribution in [-0.2, 0) is 0 Å². The van der Waals surface area contributed by atoms with Crippen molar-refractivity contribution in [2.24, 2.45) is 5.73 Å². The molecule has 2 rings (SSSR count). The van der Waals surface area contributed by atoms with Crippen LogP contribution in [0.2, 0.25) is 0 Å². The molecular formula is C13H16N2OS2. The van der Waals surface area contributed by atoms with E-state index in [1.54, 1.807) is 6.07 Å². The van der Waals surface area contributed by atoms with Gasteiger partial charge in [-0.05, 0) is 24.3 Å². The maximum Gasteiger partial charge on any atom is 0.253 e. The molecule has 0 radical (unpaired) electrons. The minimum Gasteiger partial charge on any atom is -0.389 e. The first kappa shape index (κ1) is 13.4. The van der Waals surface area contributed by atoms with Gasteiger partial charge in [-0.2, -0.15) is 11.8 Å². The zero-order valence-corrected chi connectivity index (χ0v) is 11.9. The zero-order chi connectivity index (χ0) is 13.1. The molecule has 1 saturated heterocycles. The van der Waals surface area contributed by atoms with Crippen LogP contribution in [0, 0.1) is 0 Å². The van der Waals surface area contributed by atoms with Crippen molar-refractivity contribution >= 4 is 34.9 Å². The van der Waals surface area contributed by atoms with Gasteiger partial charge in [0.05, 0.1) is 0 Å². The van der Waals surface area contributed by atoms with Crippen LogP contribution in [-0.4, -0.2) is 40.4 Å². The fourth-order valence-corrected chi connectivity index (χ4v) is 3.40. The van der Waals surface area contributed by atoms with E-state index in [0.29, 0.717) is 16.6 Å². The van der Waals surface area contributed by atoms with Crippen LogP contribution in [0.1, 0.15) is 22.3 Å². The SMILES string of the molecule is CN(C(=O)c1cccc(C(N)=S)c1)C1CCSC1. The molecule has 5 heteroatoms. The zero-order valence-electron chi connectivity index (χ0n) is 10.3. The summed E-state index contributed by atoms with van der Waals surface area (Å²) in [7, 11) is 1.87. The summed E-state index contributed by atoms with van der Waals surface area (Å²) in [6.07, 6.45) is 1.07. The lowest BCUT2D eigenvalue weighted by Crippen LogP contribution is -2.37. The molecule has 0 spiro atoms. The Morgan fingerprint density at radius 1 is 1.50 bits per heavy atom. The molecule has 0 aliphatic carbocycles. The summed E-state index contributed by atoms with van der Waals surface area (Å²) >= 11 is 6.83. The monoisotopic (exact) mass is 280 g/mol. The lowest BCUT2D eigenvalue weighted by molar-refractivity contribution is 0.0748. The third kappa shape index (κ3) is 2.84. The number of benzene rings is 1. The van der Waals surface area contributed by atoms with Crippen molar-refractivity contribution in [3.05, 3.63) is 35.4 Å². The topological polar surface area (TPSA) is 46.3 Å². The van der Waals surface area contributed by atoms with Crippen molar-refractivity contribution in [2.45, 2.75) is 12.5 Å². The fraction of sp³-hybridized carbons (Fsp3) is 0.385. The normalized spacial score (nSPS) is 18.6. The Balaban J connectivity index is 2.17. The number of carbonyl (C=O) groups excluding carboxylic acids is 1. The van der Waals surface area contributed by atoms with Crippen molar-refractivity contribution in [2.75, 3.05) is 18.6 Å². The molecule has 1 aromatic carbocycles. The first-order valence-electron chi connectivity index (χ1n) is 5.84. The highest BCUT2D eigenvalue weighted by atomic mass is 32.2. The number of thioether (sulfide) groups is 1. The van der Waals surface area contributed by atoms with E-state index in [0.717, 1.165) is 23.5 Å². The Labute approximate surface area is 117 Å². The van der Waals surface area contributed by atoms with Crippen LogP contribution < -0.4 is 5.73 Å². The first-order chi connectivity index (χ1) is 8.59. The number of hydrogen-bond donors (Lipinski definition) is 1. The summed E-state index contributed by atoms with van der Waals surface area (Å²) < 4.78 is 0. The fourth-order valence-electron chi connectivity index (χ4n) is 2.00. The number of rotatable bonds is 3. The van der Waals surface area contributed by atoms with Gasteiger partial charge < -0.3 is 10.6 Å². The molecule has 1 aliphatic heterocycles. The molecular weight excluding hydrogens is 264 g/mol. The largest absolute Gasteiger partial charge is 0.389 e. The van der Waals surface area contributed by atoms with Gasteiger partial charge in [0, 0.05) is 30.0 Å². The maximum atomic E-state index is 12.3. The van der Waals surface area contributed by atoms with Crippen molar-refractivity contribution in [3.63, 3.8) is 0 Å². The lowest BCUT2D eigenvalue weighted by Gasteiger charge is -2.24. The van der Waals surface area contributed by atoms with Gasteiger partial charge >= 0.3 is 0 Å². The van der Waals surface area contributed by atoms with Gasteiger partial charge in [0.2, 0.25) is 0 Å². The number of nitrogens with zero attached hydrogens (tertiary/aromatic N) is 1. The Bertz CT molecular complexity index is 470. The van der Waals surface area contributed by atoms with Gasteiger partial charge in [0.25, 0.3) is 5.91 Å². The van der Waals surface area contributed by atoms with Crippen molar-refractivity contribution in [1.82, 2.24) is 4.90 Å². The van der Waals surface area contributed by atoms with Crippen molar-refractivity contribution in [3.8, 4) is 0 Å². The third-order valence-electron chi connectivity index (χ3n) is 3.17. The smallest absolute Gasteiger partial charge is 0.253 e. The molecule has 1 aromatic rings. The quantitative estimate of drug-likeness (QED) is 0.859. The van der Waals surface area contributed by atoms with Gasteiger partial charge in [-0.3, -0.25) is 4.79 Å². The van der Waals surface area contributed by atoms with E-state index in [4.69, 9.17) is 18.0 Å². The molecule has 2 N–H and O–H groups in total. The molecule has 96 valence electrons. The number of nitrogens with two attached hydrogens (primary N) is 1. The molecule has 0 aromatic heterocycles. The van der Waals surface area contributed by atoms with Gasteiger partial charge in [0.1, 0.15) is 4.99 Å². The average Bonchev–Trinajstić information content (AvgIpc) is 2.91. The van der Waals surface area contributed by atoms with E-state index in [1.807, 2.05) is 41.9 Å². The lowest BCUT2D eigenvalue weighted by atomic mass is 10.1. The van der Waals surface area contributed by atoms with E-state index in [1.165, 1.54) is 0 Å². The molecule has 1 amide bonds. The Morgan fingerprint density at radius 3 is 2.83 bits per heavy atom. The minimum absolute atomic E-state index is 0.0422. The van der Waals surface area contributed by atoms with Gasteiger partial charge in [0.15, 0.2) is 0 Å². The van der Waals surface area contributed by atoms with Crippen LogP contribution in [0.5, 0.6) is 0 Å². The molecule has 18 heavy (non-hydrogen) atoms. The van der Waals surface area contributed by atoms with Crippen LogP contribution in [0.3, 0.4) is 0 Å². The van der Waals surface area contributed by atoms with Gasteiger partial charge in [-0.25, -0.2) is 0 Å². The molecule has 1 fully saturated rings. The van der Waals surface area contributed by atoms with Crippen LogP contribution >= 0.6 is 24.0 Å². The standard InChI is InChI=1S/C13H16N2OS2/c1-15(11-5-6-18-8-11)13(16)10-4-2-3-9(7-10)12(14)17/h2-4,7,11H,5-6,8H2,1H3,(H2,14,17). The molecule has 1 unspecified atom stereocenters. The third-order valence-corrected chi connectivity index (χ3v) is 4.55. The summed E-state index contributed by atoms with van der Waals surface area (Å²) in [5, 5.41) is 0. The molecule has 1 aliphatic rings. The summed E-state index contributed by atoms with van der Waals surface area (Å²) in [6, 6.07) is 7.56. The number of hydrogen-bond acceptors (Lipinski definition) is 3. The predicted molar refractivity (Wildman–Crippen MR) is 80.2 cm³/mol. The Hall–Kier alpha value is -1.07. The summed E-state index contributed by atoms with van der Waals surface area (Å²) in [6.45, 7) is 0. The maximum absolute atomic E-state index is 12.3. The van der Waals surface area contributed by atoms with E-state index in [-0.39, 0.29) is 5.91 Å². The summed E-state index contributed by atoms with van der Waals surface area (Å²) in [5.41, 5.74) is 6.98. The van der Waals surface area contributed by atoms with E-state index < -0.39 is 0 Å². The average molecular weight is 280 g/mol. The minimum atomic E-state index is 0.0422. The highest BCUT2D eigenvalue weighted by molar-refractivity contribution is 7.99. The molecule has 1 heterocycles. The highest BCUT2D eigenvalue weighted by Crippen LogP contribution is 2.22. The number of carbonyl (C=O) groups is 1. The number of amides is 1. The highest BCUT2D eigenvalue weighted by Gasteiger charge is 2.24. The predicted octanol–water partition coefficient (Wildman–Crippen LogP) is 1.90. The second kappa shape index (κ2) is 5.71. The van der Waals surface area contributed by atoms with Crippen LogP contribution in [0.25, 0.3) is 0 Å². The number of thiocarbonyl (C=S) groups is 1. The van der Waals surface area contributed by atoms with Gasteiger partial charge in [-0.1, -0.05) is 24.4 Å². The second-order valence-corrected chi connectivity index (χ2v) is 5.97. The molecule has 0 saturated carbocycles. The molecule has 1 atom stereocenters. The van der Waals surface area contributed by atoms with E-state index in [2.05, 4.69) is 0 Å². The van der Waals surface area contributed by atoms with Crippen molar-refractivity contribution < 1.29 is 4.79 Å². The first-order valence-corrected chi connectivity index (χ1v) is 7.40. The summed E-state index contributed by atoms with van der Waals surface area (Å²) in [4.78, 5) is 14.5. The van der Waals surface area contributed by atoms with Crippen LogP contribution in [0.4, 0.5) is 0 Å². The second-order valence-electron chi connectivity index (χ2n) is 4.38.